The summed E-state index contributed by atoms with van der Waals surface area (Å²) in [5.41, 5.74) is 4.46. The number of halogens is 2. The highest BCUT2D eigenvalue weighted by atomic mass is 35.5. The van der Waals surface area contributed by atoms with Crippen molar-refractivity contribution in [3.63, 3.8) is 0 Å². The van der Waals surface area contributed by atoms with Crippen LogP contribution in [-0.2, 0) is 12.2 Å². The topological polar surface area (TPSA) is 30.7 Å². The molecule has 3 nitrogen and oxygen atoms in total. The Bertz CT molecular complexity index is 1110. The van der Waals surface area contributed by atoms with Gasteiger partial charge in [0.15, 0.2) is 11.0 Å². The van der Waals surface area contributed by atoms with Crippen LogP contribution in [0.3, 0.4) is 0 Å². The number of aromatic nitrogens is 3. The van der Waals surface area contributed by atoms with Crippen LogP contribution in [-0.4, -0.2) is 14.8 Å². The van der Waals surface area contributed by atoms with E-state index in [1.807, 2.05) is 48.5 Å². The van der Waals surface area contributed by atoms with Gasteiger partial charge in [-0.3, -0.25) is 4.57 Å². The Hall–Kier alpha value is -2.27. The molecule has 1 heterocycles. The van der Waals surface area contributed by atoms with Crippen LogP contribution >= 0.6 is 35.0 Å². The van der Waals surface area contributed by atoms with E-state index in [0.29, 0.717) is 10.0 Å². The predicted molar refractivity (Wildman–Crippen MR) is 122 cm³/mol. The molecule has 29 heavy (non-hydrogen) atoms. The van der Waals surface area contributed by atoms with E-state index in [-0.39, 0.29) is 0 Å². The second kappa shape index (κ2) is 9.04. The van der Waals surface area contributed by atoms with E-state index in [1.54, 1.807) is 11.8 Å². The maximum absolute atomic E-state index is 6.16. The van der Waals surface area contributed by atoms with Gasteiger partial charge in [-0.25, -0.2) is 0 Å². The molecule has 3 aromatic carbocycles. The summed E-state index contributed by atoms with van der Waals surface area (Å²) in [7, 11) is 0. The number of aryl methyl sites for hydroxylation is 1. The van der Waals surface area contributed by atoms with E-state index in [1.165, 1.54) is 5.56 Å². The minimum atomic E-state index is 0.561. The van der Waals surface area contributed by atoms with Crippen LogP contribution in [0.1, 0.15) is 18.1 Å². The van der Waals surface area contributed by atoms with Crippen molar-refractivity contribution >= 4 is 35.0 Å². The first-order valence-corrected chi connectivity index (χ1v) is 11.1. The molecule has 0 spiro atoms. The molecule has 0 aliphatic carbocycles. The van der Waals surface area contributed by atoms with Crippen LogP contribution in [0.2, 0.25) is 10.0 Å². The molecule has 0 saturated carbocycles. The van der Waals surface area contributed by atoms with Crippen LogP contribution in [0, 0.1) is 0 Å². The smallest absolute Gasteiger partial charge is 0.196 e. The van der Waals surface area contributed by atoms with Gasteiger partial charge in [0.25, 0.3) is 0 Å². The molecule has 0 atom stereocenters. The first-order valence-electron chi connectivity index (χ1n) is 9.32. The minimum absolute atomic E-state index is 0.561. The largest absolute Gasteiger partial charge is 0.270 e. The zero-order chi connectivity index (χ0) is 20.2. The standard InChI is InChI=1S/C23H19Cl2N3S/c1-2-16-8-11-19(12-9-16)28-22(18-6-4-3-5-7-18)26-27-23(28)29-15-17-10-13-20(24)21(25)14-17/h3-14H,2,15H2,1H3. The lowest BCUT2D eigenvalue weighted by Gasteiger charge is -2.11. The zero-order valence-corrected chi connectivity index (χ0v) is 18.2. The van der Waals surface area contributed by atoms with Gasteiger partial charge in [-0.2, -0.15) is 0 Å². The van der Waals surface area contributed by atoms with Gasteiger partial charge in [0.2, 0.25) is 0 Å². The number of nitrogens with zero attached hydrogens (tertiary/aromatic N) is 3. The third kappa shape index (κ3) is 4.50. The third-order valence-corrected chi connectivity index (χ3v) is 6.36. The summed E-state index contributed by atoms with van der Waals surface area (Å²) < 4.78 is 2.11. The molecule has 0 bridgehead atoms. The molecule has 0 aliphatic rings. The summed E-state index contributed by atoms with van der Waals surface area (Å²) >= 11 is 13.8. The van der Waals surface area contributed by atoms with E-state index in [2.05, 4.69) is 46.0 Å². The van der Waals surface area contributed by atoms with Gasteiger partial charge < -0.3 is 0 Å². The number of thioether (sulfide) groups is 1. The van der Waals surface area contributed by atoms with Crippen LogP contribution < -0.4 is 0 Å². The van der Waals surface area contributed by atoms with Gasteiger partial charge in [0.05, 0.1) is 10.0 Å². The number of rotatable bonds is 6. The molecular formula is C23H19Cl2N3S. The molecule has 1 aromatic heterocycles. The molecule has 0 radical (unpaired) electrons. The predicted octanol–water partition coefficient (Wildman–Crippen LogP) is 7.10. The summed E-state index contributed by atoms with van der Waals surface area (Å²) in [6.07, 6.45) is 1.01. The average Bonchev–Trinajstić information content (AvgIpc) is 3.19. The summed E-state index contributed by atoms with van der Waals surface area (Å²) in [4.78, 5) is 0. The van der Waals surface area contributed by atoms with Crippen molar-refractivity contribution in [2.45, 2.75) is 24.3 Å². The Balaban J connectivity index is 1.71. The Morgan fingerprint density at radius 3 is 2.24 bits per heavy atom. The molecular weight excluding hydrogens is 421 g/mol. The molecule has 6 heteroatoms. The van der Waals surface area contributed by atoms with Gasteiger partial charge >= 0.3 is 0 Å². The Kier molecular flexibility index (Phi) is 6.24. The SMILES string of the molecule is CCc1ccc(-n2c(SCc3ccc(Cl)c(Cl)c3)nnc2-c2ccccc2)cc1. The second-order valence-corrected chi connectivity index (χ2v) is 8.32. The Labute approximate surface area is 184 Å². The van der Waals surface area contributed by atoms with Crippen LogP contribution in [0.5, 0.6) is 0 Å². The van der Waals surface area contributed by atoms with Crippen LogP contribution in [0.4, 0.5) is 0 Å². The molecule has 0 amide bonds. The van der Waals surface area contributed by atoms with Crippen molar-refractivity contribution in [2.24, 2.45) is 0 Å². The van der Waals surface area contributed by atoms with E-state index in [0.717, 1.165) is 40.0 Å². The first-order chi connectivity index (χ1) is 14.2. The van der Waals surface area contributed by atoms with Gasteiger partial charge in [-0.1, -0.05) is 90.4 Å². The van der Waals surface area contributed by atoms with Gasteiger partial charge in [-0.15, -0.1) is 10.2 Å². The maximum atomic E-state index is 6.16. The average molecular weight is 440 g/mol. The Morgan fingerprint density at radius 2 is 1.55 bits per heavy atom. The maximum Gasteiger partial charge on any atom is 0.196 e. The fourth-order valence-electron chi connectivity index (χ4n) is 3.03. The summed E-state index contributed by atoms with van der Waals surface area (Å²) in [6, 6.07) is 24.4. The van der Waals surface area contributed by atoms with Crippen LogP contribution in [0.15, 0.2) is 78.0 Å². The lowest BCUT2D eigenvalue weighted by molar-refractivity contribution is 0.885. The van der Waals surface area contributed by atoms with Crippen LogP contribution in [0.25, 0.3) is 17.1 Å². The third-order valence-electron chi connectivity index (χ3n) is 4.62. The number of hydrogen-bond donors (Lipinski definition) is 0. The molecule has 4 rings (SSSR count). The van der Waals surface area contributed by atoms with E-state index < -0.39 is 0 Å². The van der Waals surface area contributed by atoms with Crippen molar-refractivity contribution in [1.29, 1.82) is 0 Å². The minimum Gasteiger partial charge on any atom is -0.270 e. The van der Waals surface area contributed by atoms with Crippen molar-refractivity contribution in [1.82, 2.24) is 14.8 Å². The zero-order valence-electron chi connectivity index (χ0n) is 15.8. The highest BCUT2D eigenvalue weighted by Gasteiger charge is 2.16. The van der Waals surface area contributed by atoms with Crippen molar-refractivity contribution in [3.8, 4) is 17.1 Å². The lowest BCUT2D eigenvalue weighted by atomic mass is 10.1. The fraction of sp³-hybridized carbons (Fsp3) is 0.130. The summed E-state index contributed by atoms with van der Waals surface area (Å²) in [5, 5.41) is 10.9. The summed E-state index contributed by atoms with van der Waals surface area (Å²) in [5.74, 6) is 1.54. The Morgan fingerprint density at radius 1 is 0.828 bits per heavy atom. The van der Waals surface area contributed by atoms with Gasteiger partial charge in [-0.05, 0) is 41.8 Å². The van der Waals surface area contributed by atoms with Gasteiger partial charge in [0.1, 0.15) is 0 Å². The lowest BCUT2D eigenvalue weighted by Crippen LogP contribution is -2.00. The number of benzene rings is 3. The normalized spacial score (nSPS) is 11.0. The van der Waals surface area contributed by atoms with Gasteiger partial charge in [0, 0.05) is 17.0 Å². The highest BCUT2D eigenvalue weighted by molar-refractivity contribution is 7.98. The quantitative estimate of drug-likeness (QED) is 0.300. The molecule has 0 N–H and O–H groups in total. The molecule has 0 aliphatic heterocycles. The number of hydrogen-bond acceptors (Lipinski definition) is 3. The highest BCUT2D eigenvalue weighted by Crippen LogP contribution is 2.31. The monoisotopic (exact) mass is 439 g/mol. The second-order valence-electron chi connectivity index (χ2n) is 6.56. The first kappa shape index (κ1) is 20.0. The molecule has 0 saturated heterocycles. The van der Waals surface area contributed by atoms with E-state index in [9.17, 15) is 0 Å². The molecule has 146 valence electrons. The van der Waals surface area contributed by atoms with E-state index in [4.69, 9.17) is 23.2 Å². The van der Waals surface area contributed by atoms with E-state index >= 15 is 0 Å². The fourth-order valence-corrected chi connectivity index (χ4v) is 4.24. The molecule has 4 aromatic rings. The molecule has 0 fully saturated rings. The van der Waals surface area contributed by atoms with Crippen molar-refractivity contribution in [2.75, 3.05) is 0 Å². The van der Waals surface area contributed by atoms with Crippen molar-refractivity contribution in [3.05, 3.63) is 94.0 Å². The molecule has 0 unspecified atom stereocenters. The van der Waals surface area contributed by atoms with Crippen molar-refractivity contribution < 1.29 is 0 Å². The summed E-state index contributed by atoms with van der Waals surface area (Å²) in [6.45, 7) is 2.15.